The average Bonchev–Trinajstić information content (AvgIpc) is 3.15. The molecule has 1 aromatic carbocycles. The van der Waals surface area contributed by atoms with Gasteiger partial charge in [-0.25, -0.2) is 18.2 Å². The number of thiol groups is 1. The topological polar surface area (TPSA) is 153 Å². The highest BCUT2D eigenvalue weighted by molar-refractivity contribution is 7.73. The van der Waals surface area contributed by atoms with E-state index in [0.717, 1.165) is 22.7 Å². The van der Waals surface area contributed by atoms with E-state index in [9.17, 15) is 18.0 Å². The van der Waals surface area contributed by atoms with Crippen LogP contribution in [-0.2, 0) is 33.3 Å². The smallest absolute Gasteiger partial charge is 0.409 e. The molecule has 0 radical (unpaired) electrons. The molecule has 10 nitrogen and oxygen atoms in total. The van der Waals surface area contributed by atoms with Gasteiger partial charge >= 0.3 is 6.09 Å². The van der Waals surface area contributed by atoms with Crippen molar-refractivity contribution < 1.29 is 22.7 Å². The predicted molar refractivity (Wildman–Crippen MR) is 119 cm³/mol. The summed E-state index contributed by atoms with van der Waals surface area (Å²) in [6, 6.07) is 6.41. The number of aromatic nitrogens is 1. The minimum atomic E-state index is -2.74. The maximum Gasteiger partial charge on any atom is 0.409 e. The Hall–Kier alpha value is -2.70. The van der Waals surface area contributed by atoms with Crippen molar-refractivity contribution in [2.45, 2.75) is 45.4 Å². The second-order valence-corrected chi connectivity index (χ2v) is 8.89. The highest BCUT2D eigenvalue weighted by Gasteiger charge is 2.21. The molecule has 1 atom stereocenters. The number of anilines is 1. The van der Waals surface area contributed by atoms with Crippen molar-refractivity contribution in [2.75, 3.05) is 11.3 Å². The van der Waals surface area contributed by atoms with E-state index in [-0.39, 0.29) is 6.54 Å². The zero-order chi connectivity index (χ0) is 23.0. The van der Waals surface area contributed by atoms with Crippen LogP contribution in [0.15, 0.2) is 29.6 Å². The molecule has 0 unspecified atom stereocenters. The van der Waals surface area contributed by atoms with Gasteiger partial charge in [0, 0.05) is 11.1 Å². The predicted octanol–water partition coefficient (Wildman–Crippen LogP) is 1.46. The first kappa shape index (κ1) is 24.6. The third-order valence-electron chi connectivity index (χ3n) is 3.93. The molecule has 31 heavy (non-hydrogen) atoms. The second-order valence-electron chi connectivity index (χ2n) is 7.27. The van der Waals surface area contributed by atoms with Crippen LogP contribution in [0.5, 0.6) is 0 Å². The Bertz CT molecular complexity index is 959. The quantitative estimate of drug-likeness (QED) is 0.261. The van der Waals surface area contributed by atoms with Gasteiger partial charge in [-0.3, -0.25) is 15.3 Å². The lowest BCUT2D eigenvalue weighted by molar-refractivity contribution is -0.121. The van der Waals surface area contributed by atoms with Crippen molar-refractivity contribution in [1.82, 2.24) is 15.6 Å². The monoisotopic (exact) mass is 469 g/mol. The molecule has 0 saturated carbocycles. The number of benzene rings is 1. The number of thiazole rings is 1. The number of hydrogen-bond acceptors (Lipinski definition) is 8. The largest absolute Gasteiger partial charge is 0.429 e. The van der Waals surface area contributed by atoms with Gasteiger partial charge in [-0.05, 0) is 44.4 Å². The number of carbonyl (C=O) groups excluding carboxylic acids is 2. The lowest BCUT2D eigenvalue weighted by Gasteiger charge is -2.20. The zero-order valence-corrected chi connectivity index (χ0v) is 19.2. The maximum absolute atomic E-state index is 12.4. The highest BCUT2D eigenvalue weighted by Crippen LogP contribution is 2.23. The third kappa shape index (κ3) is 8.90. The van der Waals surface area contributed by atoms with E-state index >= 15 is 0 Å². The Morgan fingerprint density at radius 3 is 2.48 bits per heavy atom. The number of aryl methyl sites for hydroxylation is 1. The van der Waals surface area contributed by atoms with Crippen molar-refractivity contribution in [1.29, 1.82) is 0 Å². The summed E-state index contributed by atoms with van der Waals surface area (Å²) in [6.45, 7) is 4.75. The van der Waals surface area contributed by atoms with Gasteiger partial charge in [-0.15, -0.1) is 11.3 Å². The molecule has 5 N–H and O–H groups in total. The van der Waals surface area contributed by atoms with Gasteiger partial charge in [0.1, 0.15) is 11.6 Å². The number of hydrogen-bond donors (Lipinski definition) is 5. The summed E-state index contributed by atoms with van der Waals surface area (Å²) in [5.74, 6) is -0.410. The minimum absolute atomic E-state index is 0.281. The molecule has 170 valence electrons. The van der Waals surface area contributed by atoms with Gasteiger partial charge in [0.15, 0.2) is 5.72 Å². The molecule has 0 aliphatic carbocycles. The number of rotatable bonds is 10. The van der Waals surface area contributed by atoms with Crippen LogP contribution in [-0.4, -0.2) is 37.7 Å². The molecule has 0 aliphatic rings. The van der Waals surface area contributed by atoms with E-state index in [0.29, 0.717) is 12.1 Å². The van der Waals surface area contributed by atoms with Crippen LogP contribution < -0.4 is 21.1 Å². The number of alkyl carbamates (subject to hydrolysis) is 1. The maximum atomic E-state index is 12.4. The van der Waals surface area contributed by atoms with Gasteiger partial charge in [-0.1, -0.05) is 19.1 Å². The molecule has 2 amide bonds. The molecule has 0 saturated heterocycles. The Labute approximate surface area is 186 Å². The summed E-state index contributed by atoms with van der Waals surface area (Å²) in [5, 5.41) is 7.92. The van der Waals surface area contributed by atoms with Gasteiger partial charge in [-0.2, -0.15) is 0 Å². The first-order valence-electron chi connectivity index (χ1n) is 9.55. The van der Waals surface area contributed by atoms with Crippen molar-refractivity contribution in [2.24, 2.45) is 5.73 Å². The van der Waals surface area contributed by atoms with E-state index in [1.165, 1.54) is 25.2 Å². The average molecular weight is 470 g/mol. The molecule has 0 bridgehead atoms. The fourth-order valence-electron chi connectivity index (χ4n) is 2.57. The fourth-order valence-corrected chi connectivity index (χ4v) is 3.89. The minimum Gasteiger partial charge on any atom is -0.429 e. The van der Waals surface area contributed by atoms with Crippen molar-refractivity contribution in [3.8, 4) is 0 Å². The lowest BCUT2D eigenvalue weighted by Crippen LogP contribution is -2.44. The van der Waals surface area contributed by atoms with E-state index in [4.69, 9.17) is 10.5 Å². The molecule has 12 heteroatoms. The molecule has 0 spiro atoms. The second kappa shape index (κ2) is 11.1. The van der Waals surface area contributed by atoms with Crippen LogP contribution in [0, 0.1) is 0 Å². The zero-order valence-electron chi connectivity index (χ0n) is 17.5. The van der Waals surface area contributed by atoms with Crippen LogP contribution in [0.4, 0.5) is 10.5 Å². The Morgan fingerprint density at radius 1 is 1.26 bits per heavy atom. The van der Waals surface area contributed by atoms with Crippen LogP contribution in [0.1, 0.15) is 43.1 Å². The van der Waals surface area contributed by atoms with Crippen molar-refractivity contribution in [3.05, 3.63) is 45.9 Å². The van der Waals surface area contributed by atoms with E-state index in [1.807, 2.05) is 12.3 Å². The number of amides is 2. The summed E-state index contributed by atoms with van der Waals surface area (Å²) in [6.07, 6.45) is 0.418. The van der Waals surface area contributed by atoms with Crippen molar-refractivity contribution in [3.63, 3.8) is 0 Å². The summed E-state index contributed by atoms with van der Waals surface area (Å²) < 4.78 is 28.8. The highest BCUT2D eigenvalue weighted by atomic mass is 32.2. The number of ether oxygens (including phenoxy) is 1. The molecule has 1 heterocycles. The van der Waals surface area contributed by atoms with Crippen LogP contribution in [0.25, 0.3) is 0 Å². The number of nitrogens with one attached hydrogen (secondary N) is 3. The van der Waals surface area contributed by atoms with E-state index < -0.39 is 34.7 Å². The van der Waals surface area contributed by atoms with Crippen LogP contribution in [0.3, 0.4) is 0 Å². The van der Waals surface area contributed by atoms with Crippen molar-refractivity contribution >= 4 is 39.9 Å². The molecule has 1 aromatic heterocycles. The Kier molecular flexibility index (Phi) is 8.77. The number of carbonyl (C=O) groups is 2. The molecular formula is C19H27N5O5S2. The first-order valence-corrected chi connectivity index (χ1v) is 11.6. The SMILES string of the molecule is CCc1csc([C@H](Cc2ccc(N[SH](=O)=O)cc2)NC(=O)CNC(=O)OC(C)(C)N)n1. The van der Waals surface area contributed by atoms with E-state index in [1.54, 1.807) is 24.3 Å². The number of nitrogens with two attached hydrogens (primary N) is 1. The van der Waals surface area contributed by atoms with Gasteiger partial charge in [0.25, 0.3) is 0 Å². The molecule has 0 aliphatic heterocycles. The normalized spacial score (nSPS) is 12.3. The standard InChI is InChI=1S/C19H27N5O5S2/c1-4-13-11-30-17(22-13)15(9-12-5-7-14(8-6-12)24-31(27)28)23-16(25)10-21-18(26)29-19(2,3)20/h5-8,11,15,31H,4,9-10,20H2,1-3H3,(H,21,26)(H,23,25)(H,24,27,28)/t15-/m0/s1. The number of nitrogens with zero attached hydrogens (tertiary/aromatic N) is 1. The third-order valence-corrected chi connectivity index (χ3v) is 5.38. The van der Waals surface area contributed by atoms with E-state index in [2.05, 4.69) is 20.3 Å². The summed E-state index contributed by atoms with van der Waals surface area (Å²) >= 11 is 1.44. The molecule has 2 rings (SSSR count). The molecule has 0 fully saturated rings. The molecule has 2 aromatic rings. The summed E-state index contributed by atoms with van der Waals surface area (Å²) in [4.78, 5) is 28.7. The van der Waals surface area contributed by atoms with Crippen LogP contribution in [0.2, 0.25) is 0 Å². The lowest BCUT2D eigenvalue weighted by atomic mass is 10.1. The summed E-state index contributed by atoms with van der Waals surface area (Å²) in [7, 11) is -2.74. The van der Waals surface area contributed by atoms with Gasteiger partial charge in [0.05, 0.1) is 11.7 Å². The van der Waals surface area contributed by atoms with Gasteiger partial charge < -0.3 is 15.4 Å². The fraction of sp³-hybridized carbons (Fsp3) is 0.421. The Balaban J connectivity index is 2.06. The van der Waals surface area contributed by atoms with Gasteiger partial charge in [0.2, 0.25) is 16.8 Å². The van der Waals surface area contributed by atoms with Crippen LogP contribution >= 0.6 is 11.3 Å². The Morgan fingerprint density at radius 2 is 1.94 bits per heavy atom. The molecular weight excluding hydrogens is 442 g/mol. The first-order chi connectivity index (χ1) is 14.6. The summed E-state index contributed by atoms with van der Waals surface area (Å²) in [5.41, 5.74) is 6.71.